The summed E-state index contributed by atoms with van der Waals surface area (Å²) in [5, 5.41) is 3.28. The first kappa shape index (κ1) is 22.5. The van der Waals surface area contributed by atoms with Gasteiger partial charge in [-0.25, -0.2) is 8.42 Å². The number of nitrogens with zero attached hydrogens (tertiary/aromatic N) is 2. The fraction of sp³-hybridized carbons (Fsp3) is 0.304. The number of aliphatic imine (C=N–C) groups is 1. The number of dihydropyridines is 1. The van der Waals surface area contributed by atoms with E-state index in [1.165, 1.54) is 4.31 Å². The first-order chi connectivity index (χ1) is 15.2. The maximum absolute atomic E-state index is 12.3. The van der Waals surface area contributed by atoms with Gasteiger partial charge in [-0.2, -0.15) is 4.31 Å². The number of rotatable bonds is 5. The lowest BCUT2D eigenvalue weighted by molar-refractivity contribution is -0.119. The number of nitrogens with two attached hydrogens (primary N) is 1. The predicted octanol–water partition coefficient (Wildman–Crippen LogP) is 2.76. The lowest BCUT2D eigenvalue weighted by Gasteiger charge is -2.32. The molecule has 2 aromatic carbocycles. The third kappa shape index (κ3) is 4.18. The van der Waals surface area contributed by atoms with Crippen LogP contribution in [0.3, 0.4) is 0 Å². The van der Waals surface area contributed by atoms with E-state index in [9.17, 15) is 13.2 Å². The van der Waals surface area contributed by atoms with Crippen LogP contribution in [0.4, 0.5) is 5.69 Å². The van der Waals surface area contributed by atoms with Crippen LogP contribution in [0, 0.1) is 0 Å². The molecule has 3 N–H and O–H groups in total. The Hall–Kier alpha value is -2.68. The molecular weight excluding hydrogens is 448 g/mol. The Balaban J connectivity index is 1.61. The van der Waals surface area contributed by atoms with Crippen molar-refractivity contribution in [3.05, 3.63) is 77.4 Å². The van der Waals surface area contributed by atoms with Gasteiger partial charge >= 0.3 is 0 Å². The highest BCUT2D eigenvalue weighted by molar-refractivity contribution is 7.89. The molecular formula is C23H25ClN4O3S. The van der Waals surface area contributed by atoms with Crippen molar-refractivity contribution in [2.45, 2.75) is 30.8 Å². The average molecular weight is 473 g/mol. The second kappa shape index (κ2) is 8.69. The molecule has 9 heteroatoms. The minimum Gasteiger partial charge on any atom is -0.368 e. The second-order valence-electron chi connectivity index (χ2n) is 7.84. The number of hydrogen-bond acceptors (Lipinski definition) is 5. The molecule has 0 aromatic heterocycles. The van der Waals surface area contributed by atoms with Crippen LogP contribution >= 0.6 is 11.6 Å². The van der Waals surface area contributed by atoms with E-state index in [0.29, 0.717) is 25.3 Å². The van der Waals surface area contributed by atoms with Crippen LogP contribution < -0.4 is 11.1 Å². The lowest BCUT2D eigenvalue weighted by atomic mass is 9.88. The molecule has 0 aliphatic carbocycles. The van der Waals surface area contributed by atoms with E-state index in [2.05, 4.69) is 10.3 Å². The summed E-state index contributed by atoms with van der Waals surface area (Å²) in [6, 6.07) is 14.0. The minimum atomic E-state index is -3.25. The average Bonchev–Trinajstić information content (AvgIpc) is 2.80. The molecule has 4 rings (SSSR count). The van der Waals surface area contributed by atoms with Gasteiger partial charge in [-0.3, -0.25) is 9.79 Å². The van der Waals surface area contributed by atoms with Crippen molar-refractivity contribution in [1.29, 1.82) is 0 Å². The maximum Gasteiger partial charge on any atom is 0.244 e. The zero-order chi connectivity index (χ0) is 22.9. The molecule has 168 valence electrons. The van der Waals surface area contributed by atoms with E-state index < -0.39 is 26.8 Å². The van der Waals surface area contributed by atoms with E-state index in [0.717, 1.165) is 22.4 Å². The van der Waals surface area contributed by atoms with Crippen molar-refractivity contribution < 1.29 is 13.2 Å². The summed E-state index contributed by atoms with van der Waals surface area (Å²) in [4.78, 5) is 15.6. The molecule has 2 aliphatic heterocycles. The largest absolute Gasteiger partial charge is 0.368 e. The molecule has 2 unspecified atom stereocenters. The number of halogens is 1. The number of anilines is 1. The number of amides is 1. The molecule has 0 saturated heterocycles. The Labute approximate surface area is 193 Å². The quantitative estimate of drug-likeness (QED) is 0.652. The molecule has 0 bridgehead atoms. The number of sulfonamides is 1. The normalized spacial score (nSPS) is 23.3. The number of fused-ring (bicyclic) bond motifs is 1. The van der Waals surface area contributed by atoms with Crippen LogP contribution in [0.15, 0.2) is 65.7 Å². The second-order valence-corrected chi connectivity index (χ2v) is 10.7. The number of alkyl halides is 1. The zero-order valence-corrected chi connectivity index (χ0v) is 19.2. The van der Waals surface area contributed by atoms with Gasteiger partial charge < -0.3 is 11.1 Å². The number of nitrogens with one attached hydrogen (secondary N) is 1. The molecule has 2 aromatic rings. The molecule has 2 aliphatic rings. The Bertz CT molecular complexity index is 1200. The molecule has 0 fully saturated rings. The van der Waals surface area contributed by atoms with Crippen LogP contribution in [-0.4, -0.2) is 42.8 Å². The van der Waals surface area contributed by atoms with Gasteiger partial charge in [-0.05, 0) is 42.2 Å². The topological polar surface area (TPSA) is 105 Å². The van der Waals surface area contributed by atoms with E-state index in [1.54, 1.807) is 19.1 Å². The van der Waals surface area contributed by atoms with Crippen LogP contribution in [0.5, 0.6) is 0 Å². The van der Waals surface area contributed by atoms with Crippen molar-refractivity contribution in [3.63, 3.8) is 0 Å². The molecule has 2 atom stereocenters. The van der Waals surface area contributed by atoms with E-state index in [-0.39, 0.29) is 5.75 Å². The standard InChI is InChI=1S/C23H25ClN4O3S/c1-2-32(30,31)28-14-12-18-16(15-28)7-6-10-19(18)26-20-11-13-23(24,21(27-20)22(25)29)17-8-4-3-5-9-17/h3-11,13,21H,2,12,14-15H2,1H3,(H2,25,29)(H,26,27). The summed E-state index contributed by atoms with van der Waals surface area (Å²) >= 11 is 6.83. The van der Waals surface area contributed by atoms with Crippen molar-refractivity contribution in [2.75, 3.05) is 17.6 Å². The van der Waals surface area contributed by atoms with E-state index >= 15 is 0 Å². The van der Waals surface area contributed by atoms with E-state index in [1.807, 2.05) is 48.5 Å². The van der Waals surface area contributed by atoms with Crippen molar-refractivity contribution in [1.82, 2.24) is 4.31 Å². The highest BCUT2D eigenvalue weighted by atomic mass is 35.5. The first-order valence-corrected chi connectivity index (χ1v) is 12.4. The summed E-state index contributed by atoms with van der Waals surface area (Å²) in [6.45, 7) is 2.41. The highest BCUT2D eigenvalue weighted by Gasteiger charge is 2.42. The number of primary amides is 1. The fourth-order valence-electron chi connectivity index (χ4n) is 4.12. The number of carbonyl (C=O) groups excluding carboxylic acids is 1. The van der Waals surface area contributed by atoms with Crippen molar-refractivity contribution in [3.8, 4) is 0 Å². The lowest BCUT2D eigenvalue weighted by Crippen LogP contribution is -2.44. The Kier molecular flexibility index (Phi) is 6.11. The molecule has 7 nitrogen and oxygen atoms in total. The van der Waals surface area contributed by atoms with Gasteiger partial charge in [0.05, 0.1) is 5.75 Å². The van der Waals surface area contributed by atoms with Gasteiger partial charge in [-0.15, -0.1) is 11.6 Å². The van der Waals surface area contributed by atoms with Crippen molar-refractivity contribution in [2.24, 2.45) is 10.7 Å². The third-order valence-electron chi connectivity index (χ3n) is 5.89. The number of benzene rings is 2. The van der Waals surface area contributed by atoms with Gasteiger partial charge in [0.1, 0.15) is 10.7 Å². The van der Waals surface area contributed by atoms with Crippen LogP contribution in [-0.2, 0) is 32.7 Å². The summed E-state index contributed by atoms with van der Waals surface area (Å²) in [5.74, 6) is -0.0705. The predicted molar refractivity (Wildman–Crippen MR) is 127 cm³/mol. The maximum atomic E-state index is 12.3. The van der Waals surface area contributed by atoms with Crippen LogP contribution in [0.25, 0.3) is 0 Å². The molecule has 32 heavy (non-hydrogen) atoms. The Morgan fingerprint density at radius 3 is 2.69 bits per heavy atom. The molecule has 1 amide bonds. The van der Waals surface area contributed by atoms with Crippen LogP contribution in [0.1, 0.15) is 23.6 Å². The fourth-order valence-corrected chi connectivity index (χ4v) is 5.53. The summed E-state index contributed by atoms with van der Waals surface area (Å²) in [7, 11) is -3.25. The smallest absolute Gasteiger partial charge is 0.244 e. The highest BCUT2D eigenvalue weighted by Crippen LogP contribution is 2.38. The number of carbonyl (C=O) groups is 1. The molecule has 2 heterocycles. The van der Waals surface area contributed by atoms with Gasteiger partial charge in [0.25, 0.3) is 0 Å². The van der Waals surface area contributed by atoms with Crippen LogP contribution in [0.2, 0.25) is 0 Å². The van der Waals surface area contributed by atoms with Gasteiger partial charge in [0, 0.05) is 18.8 Å². The summed E-state index contributed by atoms with van der Waals surface area (Å²) in [6.07, 6.45) is 4.06. The minimum absolute atomic E-state index is 0.0813. The zero-order valence-electron chi connectivity index (χ0n) is 17.7. The molecule has 0 radical (unpaired) electrons. The van der Waals surface area contributed by atoms with Crippen molar-refractivity contribution >= 4 is 39.1 Å². The van der Waals surface area contributed by atoms with Gasteiger partial charge in [0.2, 0.25) is 15.9 Å². The van der Waals surface area contributed by atoms with E-state index in [4.69, 9.17) is 17.3 Å². The Morgan fingerprint density at radius 2 is 2.00 bits per heavy atom. The SMILES string of the molecule is CCS(=O)(=O)N1CCc2c(cccc2NC2=NC(C(N)=O)C(Cl)(c3ccccc3)C=C2)C1. The first-order valence-electron chi connectivity index (χ1n) is 10.4. The monoisotopic (exact) mass is 472 g/mol. The summed E-state index contributed by atoms with van der Waals surface area (Å²) in [5.41, 5.74) is 9.20. The molecule has 0 spiro atoms. The number of hydrogen-bond donors (Lipinski definition) is 2. The molecule has 0 saturated carbocycles. The summed E-state index contributed by atoms with van der Waals surface area (Å²) < 4.78 is 26.1. The number of amidine groups is 1. The third-order valence-corrected chi connectivity index (χ3v) is 8.27. The van der Waals surface area contributed by atoms with Gasteiger partial charge in [0.15, 0.2) is 6.04 Å². The Morgan fingerprint density at radius 1 is 1.25 bits per heavy atom. The van der Waals surface area contributed by atoms with Gasteiger partial charge in [-0.1, -0.05) is 48.5 Å².